The first-order valence-electron chi connectivity index (χ1n) is 6.42. The van der Waals surface area contributed by atoms with Crippen molar-refractivity contribution in [1.82, 2.24) is 0 Å². The Bertz CT molecular complexity index is 620. The van der Waals surface area contributed by atoms with Crippen molar-refractivity contribution >= 4 is 24.0 Å². The van der Waals surface area contributed by atoms with Crippen LogP contribution in [0, 0.1) is 0 Å². The largest absolute Gasteiger partial charge is 0.493 e. The molecule has 0 aromatic heterocycles. The summed E-state index contributed by atoms with van der Waals surface area (Å²) in [4.78, 5) is 32.9. The standard InChI is InChI=1S/C15H16O8/c1-21-10-5-3-9(7-11(10)22-2)4-6-14(18)23-12(15(19)20)8-13(16)17/h3-7,12H,8H2,1-2H3,(H,16,17)(H,19,20)/b6-4-/t12-/m1/s1. The molecule has 0 radical (unpaired) electrons. The number of carboxylic acids is 2. The van der Waals surface area contributed by atoms with Crippen LogP contribution in [0.3, 0.4) is 0 Å². The van der Waals surface area contributed by atoms with Crippen LogP contribution in [0.5, 0.6) is 11.5 Å². The first-order chi connectivity index (χ1) is 10.9. The second-order valence-electron chi connectivity index (χ2n) is 4.31. The van der Waals surface area contributed by atoms with Crippen LogP contribution >= 0.6 is 0 Å². The third-order valence-electron chi connectivity index (χ3n) is 2.71. The zero-order valence-electron chi connectivity index (χ0n) is 12.5. The van der Waals surface area contributed by atoms with Crippen molar-refractivity contribution < 1.29 is 38.8 Å². The van der Waals surface area contributed by atoms with Gasteiger partial charge >= 0.3 is 17.9 Å². The number of carbonyl (C=O) groups is 3. The van der Waals surface area contributed by atoms with Crippen molar-refractivity contribution in [2.45, 2.75) is 12.5 Å². The van der Waals surface area contributed by atoms with Gasteiger partial charge in [0, 0.05) is 6.08 Å². The normalized spacial score (nSPS) is 11.7. The molecule has 0 amide bonds. The third kappa shape index (κ3) is 5.70. The van der Waals surface area contributed by atoms with E-state index in [1.807, 2.05) is 0 Å². The van der Waals surface area contributed by atoms with E-state index in [9.17, 15) is 14.4 Å². The number of hydrogen-bond donors (Lipinski definition) is 2. The second-order valence-corrected chi connectivity index (χ2v) is 4.31. The van der Waals surface area contributed by atoms with Crippen LogP contribution in [0.4, 0.5) is 0 Å². The fourth-order valence-electron chi connectivity index (χ4n) is 1.64. The highest BCUT2D eigenvalue weighted by atomic mass is 16.6. The van der Waals surface area contributed by atoms with Gasteiger partial charge in [0.05, 0.1) is 20.6 Å². The SMILES string of the molecule is COc1ccc(/C=C\C(=O)O[C@H](CC(=O)O)C(=O)O)cc1OC. The topological polar surface area (TPSA) is 119 Å². The van der Waals surface area contributed by atoms with E-state index in [2.05, 4.69) is 4.74 Å². The summed E-state index contributed by atoms with van der Waals surface area (Å²) in [7, 11) is 2.95. The molecule has 0 saturated carbocycles. The zero-order valence-corrected chi connectivity index (χ0v) is 12.5. The number of ether oxygens (including phenoxy) is 3. The molecule has 2 N–H and O–H groups in total. The van der Waals surface area contributed by atoms with Gasteiger partial charge in [0.25, 0.3) is 0 Å². The van der Waals surface area contributed by atoms with E-state index in [0.29, 0.717) is 17.1 Å². The molecule has 0 spiro atoms. The molecule has 124 valence electrons. The van der Waals surface area contributed by atoms with E-state index in [4.69, 9.17) is 19.7 Å². The highest BCUT2D eigenvalue weighted by Crippen LogP contribution is 2.27. The van der Waals surface area contributed by atoms with Gasteiger partial charge in [0.2, 0.25) is 6.10 Å². The Labute approximate surface area is 131 Å². The summed E-state index contributed by atoms with van der Waals surface area (Å²) in [6.07, 6.45) is -0.177. The molecular weight excluding hydrogens is 308 g/mol. The Balaban J connectivity index is 2.78. The molecule has 0 bridgehead atoms. The Morgan fingerprint density at radius 3 is 2.30 bits per heavy atom. The minimum Gasteiger partial charge on any atom is -0.493 e. The van der Waals surface area contributed by atoms with E-state index in [1.165, 1.54) is 20.3 Å². The van der Waals surface area contributed by atoms with Crippen LogP contribution in [-0.2, 0) is 19.1 Å². The molecule has 1 rings (SSSR count). The molecule has 0 unspecified atom stereocenters. The summed E-state index contributed by atoms with van der Waals surface area (Å²) >= 11 is 0. The molecule has 8 nitrogen and oxygen atoms in total. The van der Waals surface area contributed by atoms with E-state index < -0.39 is 30.4 Å². The van der Waals surface area contributed by atoms with Crippen molar-refractivity contribution in [3.8, 4) is 11.5 Å². The molecule has 23 heavy (non-hydrogen) atoms. The van der Waals surface area contributed by atoms with Crippen LogP contribution in [-0.4, -0.2) is 48.4 Å². The van der Waals surface area contributed by atoms with Gasteiger partial charge in [-0.05, 0) is 23.8 Å². The molecule has 0 aliphatic carbocycles. The van der Waals surface area contributed by atoms with Gasteiger partial charge in [-0.3, -0.25) is 4.79 Å². The smallest absolute Gasteiger partial charge is 0.345 e. The number of carboxylic acid groups (broad SMARTS) is 2. The first kappa shape index (κ1) is 18.0. The number of aliphatic carboxylic acids is 2. The Morgan fingerprint density at radius 1 is 1.13 bits per heavy atom. The van der Waals surface area contributed by atoms with Gasteiger partial charge < -0.3 is 24.4 Å². The van der Waals surface area contributed by atoms with Gasteiger partial charge in [0.1, 0.15) is 0 Å². The lowest BCUT2D eigenvalue weighted by Crippen LogP contribution is -2.28. The lowest BCUT2D eigenvalue weighted by Gasteiger charge is -2.10. The molecule has 0 aliphatic rings. The van der Waals surface area contributed by atoms with Crippen molar-refractivity contribution in [1.29, 1.82) is 0 Å². The number of rotatable bonds is 8. The maximum atomic E-state index is 11.6. The Hall–Kier alpha value is -3.03. The maximum absolute atomic E-state index is 11.6. The zero-order chi connectivity index (χ0) is 17.4. The summed E-state index contributed by atoms with van der Waals surface area (Å²) in [5.74, 6) is -2.90. The number of methoxy groups -OCH3 is 2. The highest BCUT2D eigenvalue weighted by molar-refractivity contribution is 5.90. The molecular formula is C15H16O8. The molecule has 0 saturated heterocycles. The van der Waals surface area contributed by atoms with E-state index >= 15 is 0 Å². The monoisotopic (exact) mass is 324 g/mol. The predicted molar refractivity (Wildman–Crippen MR) is 78.3 cm³/mol. The average Bonchev–Trinajstić information content (AvgIpc) is 2.51. The minimum absolute atomic E-state index is 0.456. The van der Waals surface area contributed by atoms with Crippen LogP contribution in [0.1, 0.15) is 12.0 Å². The summed E-state index contributed by atoms with van der Waals surface area (Å²) in [6, 6.07) is 4.89. The second kappa shape index (κ2) is 8.42. The molecule has 1 aromatic carbocycles. The molecule has 0 aliphatic heterocycles. The van der Waals surface area contributed by atoms with Crippen LogP contribution < -0.4 is 9.47 Å². The van der Waals surface area contributed by atoms with Crippen LogP contribution in [0.2, 0.25) is 0 Å². The predicted octanol–water partition coefficient (Wildman–Crippen LogP) is 1.19. The molecule has 1 aromatic rings. The van der Waals surface area contributed by atoms with Crippen molar-refractivity contribution in [2.75, 3.05) is 14.2 Å². The molecule has 8 heteroatoms. The quantitative estimate of drug-likeness (QED) is 0.540. The number of benzene rings is 1. The summed E-state index contributed by atoms with van der Waals surface area (Å²) < 4.78 is 14.8. The summed E-state index contributed by atoms with van der Waals surface area (Å²) in [5, 5.41) is 17.3. The lowest BCUT2D eigenvalue weighted by atomic mass is 10.2. The Morgan fingerprint density at radius 2 is 1.78 bits per heavy atom. The number of carbonyl (C=O) groups excluding carboxylic acids is 1. The minimum atomic E-state index is -1.74. The fourth-order valence-corrected chi connectivity index (χ4v) is 1.64. The summed E-state index contributed by atoms with van der Waals surface area (Å²) in [5.41, 5.74) is 0.588. The van der Waals surface area contributed by atoms with Gasteiger partial charge in [-0.15, -0.1) is 0 Å². The highest BCUT2D eigenvalue weighted by Gasteiger charge is 2.24. The van der Waals surface area contributed by atoms with E-state index in [-0.39, 0.29) is 0 Å². The third-order valence-corrected chi connectivity index (χ3v) is 2.71. The number of hydrogen-bond acceptors (Lipinski definition) is 6. The Kier molecular flexibility index (Phi) is 6.60. The average molecular weight is 324 g/mol. The van der Waals surface area contributed by atoms with Crippen LogP contribution in [0.15, 0.2) is 24.3 Å². The first-order valence-corrected chi connectivity index (χ1v) is 6.42. The van der Waals surface area contributed by atoms with Gasteiger partial charge in [-0.25, -0.2) is 9.59 Å². The van der Waals surface area contributed by atoms with Crippen molar-refractivity contribution in [3.05, 3.63) is 29.8 Å². The van der Waals surface area contributed by atoms with Crippen molar-refractivity contribution in [3.63, 3.8) is 0 Å². The van der Waals surface area contributed by atoms with Crippen molar-refractivity contribution in [2.24, 2.45) is 0 Å². The van der Waals surface area contributed by atoms with Gasteiger partial charge in [0.15, 0.2) is 11.5 Å². The van der Waals surface area contributed by atoms with E-state index in [1.54, 1.807) is 18.2 Å². The van der Waals surface area contributed by atoms with E-state index in [0.717, 1.165) is 6.08 Å². The fraction of sp³-hybridized carbons (Fsp3) is 0.267. The molecule has 1 atom stereocenters. The number of esters is 1. The van der Waals surface area contributed by atoms with Gasteiger partial charge in [-0.1, -0.05) is 6.07 Å². The molecule has 0 fully saturated rings. The summed E-state index contributed by atoms with van der Waals surface area (Å²) in [6.45, 7) is 0. The molecule has 0 heterocycles. The van der Waals surface area contributed by atoms with Crippen LogP contribution in [0.25, 0.3) is 6.08 Å². The van der Waals surface area contributed by atoms with Gasteiger partial charge in [-0.2, -0.15) is 0 Å². The lowest BCUT2D eigenvalue weighted by molar-refractivity contribution is -0.164. The maximum Gasteiger partial charge on any atom is 0.345 e.